The lowest BCUT2D eigenvalue weighted by atomic mass is 10.1. The Morgan fingerprint density at radius 1 is 1.37 bits per heavy atom. The summed E-state index contributed by atoms with van der Waals surface area (Å²) < 4.78 is 28.1. The summed E-state index contributed by atoms with van der Waals surface area (Å²) in [7, 11) is 1.56. The molecular formula is C13H17F2NO3. The molecule has 0 fully saturated rings. The van der Waals surface area contributed by atoms with Gasteiger partial charge in [0.1, 0.15) is 5.75 Å². The highest BCUT2D eigenvalue weighted by Gasteiger charge is 2.20. The lowest BCUT2D eigenvalue weighted by molar-refractivity contribution is -0.0498. The zero-order chi connectivity index (χ0) is 14.6. The van der Waals surface area contributed by atoms with Crippen LogP contribution in [-0.2, 0) is 0 Å². The van der Waals surface area contributed by atoms with Crippen LogP contribution in [0.25, 0.3) is 0 Å². The number of ether oxygens (including phenoxy) is 1. The van der Waals surface area contributed by atoms with E-state index in [4.69, 9.17) is 0 Å². The van der Waals surface area contributed by atoms with Gasteiger partial charge < -0.3 is 14.7 Å². The van der Waals surface area contributed by atoms with Crippen molar-refractivity contribution in [2.24, 2.45) is 0 Å². The van der Waals surface area contributed by atoms with Crippen molar-refractivity contribution in [1.82, 2.24) is 4.90 Å². The maximum Gasteiger partial charge on any atom is 0.387 e. The molecule has 0 unspecified atom stereocenters. The van der Waals surface area contributed by atoms with Gasteiger partial charge in [0, 0.05) is 19.2 Å². The predicted molar refractivity (Wildman–Crippen MR) is 66.3 cm³/mol. The van der Waals surface area contributed by atoms with Crippen molar-refractivity contribution in [3.05, 3.63) is 29.8 Å². The second kappa shape index (κ2) is 5.97. The molecule has 1 aromatic carbocycles. The monoisotopic (exact) mass is 273 g/mol. The number of halogens is 2. The van der Waals surface area contributed by atoms with E-state index in [0.717, 1.165) is 0 Å². The molecule has 6 heteroatoms. The highest BCUT2D eigenvalue weighted by atomic mass is 19.3. The Morgan fingerprint density at radius 3 is 2.32 bits per heavy atom. The highest BCUT2D eigenvalue weighted by Crippen LogP contribution is 2.16. The molecule has 0 saturated heterocycles. The zero-order valence-electron chi connectivity index (χ0n) is 11.1. The number of likely N-dealkylation sites (N-methyl/N-ethyl adjacent to an activating group) is 1. The number of benzene rings is 1. The minimum atomic E-state index is -2.89. The van der Waals surface area contributed by atoms with Crippen molar-refractivity contribution >= 4 is 5.91 Å². The molecule has 0 aliphatic carbocycles. The quantitative estimate of drug-likeness (QED) is 0.894. The zero-order valence-corrected chi connectivity index (χ0v) is 11.1. The topological polar surface area (TPSA) is 49.8 Å². The SMILES string of the molecule is CN(CC(C)(C)O)C(=O)c1ccc(OC(F)F)cc1. The van der Waals surface area contributed by atoms with Crippen molar-refractivity contribution in [3.8, 4) is 5.75 Å². The molecule has 0 atom stereocenters. The molecule has 0 saturated carbocycles. The number of nitrogens with zero attached hydrogens (tertiary/aromatic N) is 1. The molecule has 0 aromatic heterocycles. The average molecular weight is 273 g/mol. The van der Waals surface area contributed by atoms with Crippen molar-refractivity contribution in [2.75, 3.05) is 13.6 Å². The third kappa shape index (κ3) is 5.21. The van der Waals surface area contributed by atoms with Crippen LogP contribution >= 0.6 is 0 Å². The summed E-state index contributed by atoms with van der Waals surface area (Å²) >= 11 is 0. The van der Waals surface area contributed by atoms with Gasteiger partial charge in [-0.05, 0) is 38.1 Å². The summed E-state index contributed by atoms with van der Waals surface area (Å²) in [4.78, 5) is 13.3. The molecule has 4 nitrogen and oxygen atoms in total. The lowest BCUT2D eigenvalue weighted by Gasteiger charge is -2.25. The minimum Gasteiger partial charge on any atom is -0.435 e. The van der Waals surface area contributed by atoms with Gasteiger partial charge in [0.15, 0.2) is 0 Å². The van der Waals surface area contributed by atoms with E-state index in [9.17, 15) is 18.7 Å². The standard InChI is InChI=1S/C13H17F2NO3/c1-13(2,18)8-16(3)11(17)9-4-6-10(7-5-9)19-12(14)15/h4-7,12,18H,8H2,1-3H3. The van der Waals surface area contributed by atoms with Crippen LogP contribution in [-0.4, -0.2) is 41.7 Å². The molecular weight excluding hydrogens is 256 g/mol. The van der Waals surface area contributed by atoms with Crippen LogP contribution in [0.2, 0.25) is 0 Å². The smallest absolute Gasteiger partial charge is 0.387 e. The van der Waals surface area contributed by atoms with Crippen molar-refractivity contribution in [3.63, 3.8) is 0 Å². The molecule has 1 rings (SSSR count). The maximum atomic E-state index is 12.0. The molecule has 106 valence electrons. The first-order valence-electron chi connectivity index (χ1n) is 5.72. The summed E-state index contributed by atoms with van der Waals surface area (Å²) in [6.07, 6.45) is 0. The maximum absolute atomic E-state index is 12.0. The Kier molecular flexibility index (Phi) is 4.83. The van der Waals surface area contributed by atoms with Gasteiger partial charge in [0.05, 0.1) is 5.60 Å². The normalized spacial score (nSPS) is 11.5. The van der Waals surface area contributed by atoms with Crippen LogP contribution in [0.15, 0.2) is 24.3 Å². The second-order valence-corrected chi connectivity index (χ2v) is 4.88. The van der Waals surface area contributed by atoms with Gasteiger partial charge in [-0.1, -0.05) is 0 Å². The second-order valence-electron chi connectivity index (χ2n) is 4.88. The molecule has 0 bridgehead atoms. The number of rotatable bonds is 5. The Bertz CT molecular complexity index is 427. The number of hydrogen-bond donors (Lipinski definition) is 1. The van der Waals surface area contributed by atoms with Gasteiger partial charge in [-0.2, -0.15) is 8.78 Å². The van der Waals surface area contributed by atoms with Crippen molar-refractivity contribution in [2.45, 2.75) is 26.1 Å². The molecule has 1 amide bonds. The van der Waals surface area contributed by atoms with E-state index in [2.05, 4.69) is 4.74 Å². The predicted octanol–water partition coefficient (Wildman–Crippen LogP) is 2.13. The molecule has 0 aliphatic rings. The summed E-state index contributed by atoms with van der Waals surface area (Å²) in [5, 5.41) is 9.63. The molecule has 0 heterocycles. The Hall–Kier alpha value is -1.69. The average Bonchev–Trinajstić information content (AvgIpc) is 2.26. The van der Waals surface area contributed by atoms with Crippen molar-refractivity contribution < 1.29 is 23.4 Å². The Balaban J connectivity index is 2.72. The highest BCUT2D eigenvalue weighted by molar-refractivity contribution is 5.94. The van der Waals surface area contributed by atoms with Crippen LogP contribution in [0.4, 0.5) is 8.78 Å². The third-order valence-electron chi connectivity index (χ3n) is 2.30. The number of alkyl halides is 2. The molecule has 0 radical (unpaired) electrons. The minimum absolute atomic E-state index is 0.00306. The van der Waals surface area contributed by atoms with Gasteiger partial charge in [0.25, 0.3) is 5.91 Å². The number of carbonyl (C=O) groups excluding carboxylic acids is 1. The molecule has 1 aromatic rings. The van der Waals surface area contributed by atoms with Gasteiger partial charge in [-0.3, -0.25) is 4.79 Å². The first-order valence-corrected chi connectivity index (χ1v) is 5.72. The van der Waals surface area contributed by atoms with E-state index in [1.165, 1.54) is 29.2 Å². The number of aliphatic hydroxyl groups is 1. The summed E-state index contributed by atoms with van der Waals surface area (Å²) in [6, 6.07) is 5.41. The summed E-state index contributed by atoms with van der Waals surface area (Å²) in [5.74, 6) is -0.303. The largest absolute Gasteiger partial charge is 0.435 e. The number of carbonyl (C=O) groups is 1. The van der Waals surface area contributed by atoms with E-state index in [1.54, 1.807) is 20.9 Å². The van der Waals surface area contributed by atoms with E-state index in [-0.39, 0.29) is 18.2 Å². The molecule has 0 spiro atoms. The van der Waals surface area contributed by atoms with Crippen LogP contribution < -0.4 is 4.74 Å². The van der Waals surface area contributed by atoms with Crippen LogP contribution in [0.3, 0.4) is 0 Å². The Morgan fingerprint density at radius 2 is 1.89 bits per heavy atom. The molecule has 19 heavy (non-hydrogen) atoms. The van der Waals surface area contributed by atoms with Gasteiger partial charge in [-0.15, -0.1) is 0 Å². The van der Waals surface area contributed by atoms with Crippen molar-refractivity contribution in [1.29, 1.82) is 0 Å². The fourth-order valence-electron chi connectivity index (χ4n) is 1.65. The molecule has 1 N–H and O–H groups in total. The number of amides is 1. The fourth-order valence-corrected chi connectivity index (χ4v) is 1.65. The van der Waals surface area contributed by atoms with Crippen LogP contribution in [0.5, 0.6) is 5.75 Å². The summed E-state index contributed by atoms with van der Waals surface area (Å²) in [5.41, 5.74) is -0.656. The lowest BCUT2D eigenvalue weighted by Crippen LogP contribution is -2.39. The van der Waals surface area contributed by atoms with E-state index >= 15 is 0 Å². The van der Waals surface area contributed by atoms with E-state index < -0.39 is 12.2 Å². The van der Waals surface area contributed by atoms with Gasteiger partial charge in [0.2, 0.25) is 0 Å². The first kappa shape index (κ1) is 15.4. The van der Waals surface area contributed by atoms with Crippen LogP contribution in [0.1, 0.15) is 24.2 Å². The Labute approximate surface area is 110 Å². The molecule has 0 aliphatic heterocycles. The fraction of sp³-hybridized carbons (Fsp3) is 0.462. The van der Waals surface area contributed by atoms with E-state index in [1.807, 2.05) is 0 Å². The van der Waals surface area contributed by atoms with Gasteiger partial charge in [-0.25, -0.2) is 0 Å². The van der Waals surface area contributed by atoms with Crippen LogP contribution in [0, 0.1) is 0 Å². The van der Waals surface area contributed by atoms with E-state index in [0.29, 0.717) is 5.56 Å². The number of hydrogen-bond acceptors (Lipinski definition) is 3. The first-order chi connectivity index (χ1) is 8.69. The summed E-state index contributed by atoms with van der Waals surface area (Å²) in [6.45, 7) is 0.466. The third-order valence-corrected chi connectivity index (χ3v) is 2.30. The van der Waals surface area contributed by atoms with Gasteiger partial charge >= 0.3 is 6.61 Å².